The van der Waals surface area contributed by atoms with Gasteiger partial charge in [0.05, 0.1) is 0 Å². The molecule has 0 atom stereocenters. The van der Waals surface area contributed by atoms with Gasteiger partial charge in [-0.25, -0.2) is 0 Å². The highest BCUT2D eigenvalue weighted by molar-refractivity contribution is 7.74. The van der Waals surface area contributed by atoms with Gasteiger partial charge >= 0.3 is 31.6 Å². The average molecular weight is 407 g/mol. The van der Waals surface area contributed by atoms with Gasteiger partial charge in [-0.05, 0) is 6.55 Å². The van der Waals surface area contributed by atoms with Crippen LogP contribution in [0, 0.1) is 0 Å². The van der Waals surface area contributed by atoms with Crippen molar-refractivity contribution in [3.05, 3.63) is 0 Å². The maximum absolute atomic E-state index is 5.93. The fourth-order valence-electron chi connectivity index (χ4n) is 2.83. The van der Waals surface area contributed by atoms with Crippen molar-refractivity contribution < 1.29 is 39.8 Å². The second-order valence-corrected chi connectivity index (χ2v) is 29.2. The summed E-state index contributed by atoms with van der Waals surface area (Å²) < 4.78 is 52.2. The molecule has 0 rings (SSSR count). The minimum Gasteiger partial charge on any atom is -0.397 e. The van der Waals surface area contributed by atoms with E-state index in [4.69, 9.17) is 39.8 Å². The second kappa shape index (κ2) is 9.27. The Kier molecular flexibility index (Phi) is 9.48. The summed E-state index contributed by atoms with van der Waals surface area (Å²) in [7, 11) is 0.288. The van der Waals surface area contributed by atoms with Crippen molar-refractivity contribution in [2.75, 3.05) is 64.0 Å². The van der Waals surface area contributed by atoms with Gasteiger partial charge in [0.15, 0.2) is 0 Å². The number of rotatable bonds is 12. The highest BCUT2D eigenvalue weighted by Gasteiger charge is 2.88. The molecule has 0 saturated heterocycles. The Morgan fingerprint density at radius 3 is 0.870 bits per heavy atom. The molecule has 0 spiro atoms. The molecule has 13 heteroatoms. The van der Waals surface area contributed by atoms with Crippen LogP contribution in [0.5, 0.6) is 0 Å². The molecule has 0 heterocycles. The third kappa shape index (κ3) is 3.19. The molecular formula is C10H30O9Si4. The van der Waals surface area contributed by atoms with Crippen molar-refractivity contribution in [1.29, 1.82) is 0 Å². The molecule has 0 radical (unpaired) electrons. The van der Waals surface area contributed by atoms with Crippen molar-refractivity contribution in [3.63, 3.8) is 0 Å². The van der Waals surface area contributed by atoms with Crippen LogP contribution in [0.25, 0.3) is 0 Å². The van der Waals surface area contributed by atoms with Gasteiger partial charge in [-0.3, -0.25) is 0 Å². The lowest BCUT2D eigenvalue weighted by Gasteiger charge is -2.49. The van der Waals surface area contributed by atoms with Gasteiger partial charge in [0, 0.05) is 64.0 Å². The van der Waals surface area contributed by atoms with Crippen molar-refractivity contribution in [3.8, 4) is 0 Å². The molecule has 0 unspecified atom stereocenters. The maximum Gasteiger partial charge on any atom is 0.540 e. The van der Waals surface area contributed by atoms with Crippen LogP contribution in [-0.4, -0.2) is 95.6 Å². The minimum absolute atomic E-state index is 1.49. The van der Waals surface area contributed by atoms with Crippen LogP contribution in [0.15, 0.2) is 0 Å². The molecule has 0 bridgehead atoms. The first-order valence-corrected chi connectivity index (χ1v) is 17.4. The van der Waals surface area contributed by atoms with E-state index in [1.807, 2.05) is 6.55 Å². The zero-order valence-electron chi connectivity index (χ0n) is 15.7. The van der Waals surface area contributed by atoms with E-state index in [0.29, 0.717) is 0 Å². The number of hydrogen-bond acceptors (Lipinski definition) is 9. The SMILES string of the molecule is CO[Si](C)(OC)[Si](OC)(OC)[Si](OC)(OC)[Si](OC)(OC)OC. The molecule has 0 N–H and O–H groups in total. The molecule has 23 heavy (non-hydrogen) atoms. The summed E-state index contributed by atoms with van der Waals surface area (Å²) in [4.78, 5) is 0. The summed E-state index contributed by atoms with van der Waals surface area (Å²) in [5.74, 6) is 0. The largest absolute Gasteiger partial charge is 0.540 e. The van der Waals surface area contributed by atoms with Crippen molar-refractivity contribution in [2.24, 2.45) is 0 Å². The van der Waals surface area contributed by atoms with E-state index in [1.54, 1.807) is 14.2 Å². The normalized spacial score (nSPS) is 14.3. The predicted octanol–water partition coefficient (Wildman–Crippen LogP) is -0.0655. The van der Waals surface area contributed by atoms with Gasteiger partial charge in [-0.1, -0.05) is 0 Å². The van der Waals surface area contributed by atoms with Crippen LogP contribution in [0.4, 0.5) is 0 Å². The minimum atomic E-state index is -3.50. The van der Waals surface area contributed by atoms with Gasteiger partial charge < -0.3 is 39.8 Å². The summed E-state index contributed by atoms with van der Waals surface area (Å²) in [5.41, 5.74) is 0. The Balaban J connectivity index is 6.76. The second-order valence-electron chi connectivity index (χ2n) is 4.57. The molecule has 0 aliphatic heterocycles. The summed E-state index contributed by atoms with van der Waals surface area (Å²) in [6.07, 6.45) is 0. The molecule has 0 aliphatic rings. The van der Waals surface area contributed by atoms with E-state index in [0.717, 1.165) is 0 Å². The van der Waals surface area contributed by atoms with E-state index < -0.39 is 31.6 Å². The van der Waals surface area contributed by atoms with Crippen molar-refractivity contribution in [2.45, 2.75) is 6.55 Å². The Bertz CT molecular complexity index is 335. The Morgan fingerprint density at radius 1 is 0.391 bits per heavy atom. The van der Waals surface area contributed by atoms with Crippen LogP contribution in [-0.2, 0) is 39.8 Å². The molecule has 0 aromatic rings. The summed E-state index contributed by atoms with van der Waals surface area (Å²) >= 11 is 0. The van der Waals surface area contributed by atoms with E-state index >= 15 is 0 Å². The van der Waals surface area contributed by atoms with Gasteiger partial charge in [0.1, 0.15) is 0 Å². The predicted molar refractivity (Wildman–Crippen MR) is 92.0 cm³/mol. The summed E-state index contributed by atoms with van der Waals surface area (Å²) in [6, 6.07) is 0. The molecular weight excluding hydrogens is 376 g/mol. The number of hydrogen-bond donors (Lipinski definition) is 0. The monoisotopic (exact) mass is 406 g/mol. The Morgan fingerprint density at radius 2 is 0.696 bits per heavy atom. The maximum atomic E-state index is 5.93. The lowest BCUT2D eigenvalue weighted by atomic mass is 11.8. The smallest absolute Gasteiger partial charge is 0.397 e. The van der Waals surface area contributed by atoms with Crippen LogP contribution in [0.2, 0.25) is 6.55 Å². The lowest BCUT2D eigenvalue weighted by Crippen LogP contribution is -2.92. The van der Waals surface area contributed by atoms with E-state index in [-0.39, 0.29) is 0 Å². The quantitative estimate of drug-likeness (QED) is 0.414. The third-order valence-electron chi connectivity index (χ3n) is 4.17. The van der Waals surface area contributed by atoms with Crippen molar-refractivity contribution in [1.82, 2.24) is 0 Å². The van der Waals surface area contributed by atoms with E-state index in [1.165, 1.54) is 49.8 Å². The first-order chi connectivity index (χ1) is 10.8. The van der Waals surface area contributed by atoms with E-state index in [9.17, 15) is 0 Å². The fourth-order valence-corrected chi connectivity index (χ4v) is 50.0. The molecule has 0 aromatic heterocycles. The fraction of sp³-hybridized carbons (Fsp3) is 1.00. The zero-order chi connectivity index (χ0) is 18.4. The van der Waals surface area contributed by atoms with Crippen LogP contribution >= 0.6 is 0 Å². The Hall–Kier alpha value is 0.508. The van der Waals surface area contributed by atoms with Gasteiger partial charge in [-0.2, -0.15) is 0 Å². The highest BCUT2D eigenvalue weighted by Crippen LogP contribution is 2.38. The topological polar surface area (TPSA) is 83.1 Å². The molecule has 0 saturated carbocycles. The molecule has 0 fully saturated rings. The molecule has 0 aromatic carbocycles. The first kappa shape index (κ1) is 23.5. The van der Waals surface area contributed by atoms with Crippen LogP contribution < -0.4 is 0 Å². The van der Waals surface area contributed by atoms with E-state index in [2.05, 4.69) is 0 Å². The zero-order valence-corrected chi connectivity index (χ0v) is 19.7. The van der Waals surface area contributed by atoms with Crippen LogP contribution in [0.1, 0.15) is 0 Å². The first-order valence-electron chi connectivity index (χ1n) is 6.76. The van der Waals surface area contributed by atoms with Gasteiger partial charge in [-0.15, -0.1) is 0 Å². The molecule has 140 valence electrons. The highest BCUT2D eigenvalue weighted by atomic mass is 29.9. The van der Waals surface area contributed by atoms with Crippen molar-refractivity contribution >= 4 is 31.6 Å². The molecule has 9 nitrogen and oxygen atoms in total. The standard InChI is InChI=1S/C10H30O9Si4/c1-11-20(10,12-2)22(16-6,17-7)23(18-8,19-9)21(13-3,14-4)15-5/h1-10H3. The average Bonchev–Trinajstić information content (AvgIpc) is 2.62. The Labute approximate surface area is 142 Å². The summed E-state index contributed by atoms with van der Waals surface area (Å²) in [6.45, 7) is 1.84. The van der Waals surface area contributed by atoms with Crippen LogP contribution in [0.3, 0.4) is 0 Å². The van der Waals surface area contributed by atoms with Gasteiger partial charge in [0.2, 0.25) is 0 Å². The van der Waals surface area contributed by atoms with Gasteiger partial charge in [0.25, 0.3) is 0 Å². The third-order valence-corrected chi connectivity index (χ3v) is 44.1. The summed E-state index contributed by atoms with van der Waals surface area (Å²) in [5, 5.41) is 0. The lowest BCUT2D eigenvalue weighted by molar-refractivity contribution is 0.113. The molecule has 0 aliphatic carbocycles. The molecule has 0 amide bonds.